The van der Waals surface area contributed by atoms with E-state index < -0.39 is 22.9 Å². The fourth-order valence-corrected chi connectivity index (χ4v) is 0.910. The molecule has 5 heteroatoms. The molecule has 13 heavy (non-hydrogen) atoms. The van der Waals surface area contributed by atoms with E-state index in [1.807, 2.05) is 0 Å². The van der Waals surface area contributed by atoms with E-state index in [4.69, 9.17) is 16.1 Å². The lowest BCUT2D eigenvalue weighted by Crippen LogP contribution is -2.04. The molecule has 66 valence electrons. The number of carbonyl (C=O) groups is 1. The van der Waals surface area contributed by atoms with Crippen LogP contribution < -0.4 is 5.73 Å². The normalized spacial score (nSPS) is 9.23. The Kier molecular flexibility index (Phi) is 2.15. The topological polar surface area (TPSA) is 87.1 Å². The maximum atomic E-state index is 12.9. The number of halogens is 1. The number of nitrogens with zero attached hydrogens (tertiary/aromatic N) is 1. The van der Waals surface area contributed by atoms with Crippen LogP contribution in [0.25, 0.3) is 0 Å². The molecular formula is C8H5FN2O2. The molecule has 0 saturated heterocycles. The predicted octanol–water partition coefficient (Wildman–Crippen LogP) is 0.978. The zero-order chi connectivity index (χ0) is 10.0. The largest absolute Gasteiger partial charge is 0.478 e. The standard InChI is InChI=1S/C8H5FN2O2/c9-7-2-4(11)1-5(8(12)13)6(7)3-10/h1-2H,11H2,(H,12,13). The van der Waals surface area contributed by atoms with Crippen molar-refractivity contribution in [3.63, 3.8) is 0 Å². The summed E-state index contributed by atoms with van der Waals surface area (Å²) in [5.74, 6) is -2.29. The van der Waals surface area contributed by atoms with Gasteiger partial charge in [0, 0.05) is 5.69 Å². The van der Waals surface area contributed by atoms with Crippen LogP contribution >= 0.6 is 0 Å². The third-order valence-electron chi connectivity index (χ3n) is 1.45. The van der Waals surface area contributed by atoms with E-state index in [0.29, 0.717) is 0 Å². The third-order valence-corrected chi connectivity index (χ3v) is 1.45. The highest BCUT2D eigenvalue weighted by molar-refractivity contribution is 5.91. The molecule has 1 aromatic rings. The minimum atomic E-state index is -1.37. The molecule has 0 aliphatic carbocycles. The van der Waals surface area contributed by atoms with Crippen molar-refractivity contribution >= 4 is 11.7 Å². The summed E-state index contributed by atoms with van der Waals surface area (Å²) < 4.78 is 12.9. The molecule has 0 heterocycles. The molecule has 0 spiro atoms. The van der Waals surface area contributed by atoms with Crippen molar-refractivity contribution in [1.82, 2.24) is 0 Å². The minimum Gasteiger partial charge on any atom is -0.478 e. The lowest BCUT2D eigenvalue weighted by Gasteiger charge is -2.00. The van der Waals surface area contributed by atoms with Gasteiger partial charge in [0.1, 0.15) is 17.4 Å². The summed E-state index contributed by atoms with van der Waals surface area (Å²) in [7, 11) is 0. The SMILES string of the molecule is N#Cc1c(F)cc(N)cc1C(=O)O. The summed E-state index contributed by atoms with van der Waals surface area (Å²) in [6.45, 7) is 0. The first-order valence-corrected chi connectivity index (χ1v) is 3.28. The van der Waals surface area contributed by atoms with Gasteiger partial charge in [-0.2, -0.15) is 5.26 Å². The molecule has 0 aliphatic rings. The molecule has 0 amide bonds. The fourth-order valence-electron chi connectivity index (χ4n) is 0.910. The first-order chi connectivity index (χ1) is 6.06. The molecule has 0 unspecified atom stereocenters. The average molecular weight is 180 g/mol. The van der Waals surface area contributed by atoms with Crippen molar-refractivity contribution < 1.29 is 14.3 Å². The van der Waals surface area contributed by atoms with Crippen molar-refractivity contribution in [3.05, 3.63) is 29.1 Å². The molecule has 0 fully saturated rings. The van der Waals surface area contributed by atoms with Crippen molar-refractivity contribution in [1.29, 1.82) is 5.26 Å². The van der Waals surface area contributed by atoms with E-state index in [0.717, 1.165) is 12.1 Å². The molecule has 0 aliphatic heterocycles. The number of nitrogens with two attached hydrogens (primary N) is 1. The lowest BCUT2D eigenvalue weighted by atomic mass is 10.1. The molecule has 1 rings (SSSR count). The number of carboxylic acids is 1. The number of hydrogen-bond acceptors (Lipinski definition) is 3. The summed E-state index contributed by atoms with van der Waals surface area (Å²) in [5, 5.41) is 17.0. The van der Waals surface area contributed by atoms with Gasteiger partial charge in [-0.1, -0.05) is 0 Å². The van der Waals surface area contributed by atoms with Gasteiger partial charge in [-0.15, -0.1) is 0 Å². The Morgan fingerprint density at radius 3 is 2.69 bits per heavy atom. The van der Waals surface area contributed by atoms with Gasteiger partial charge >= 0.3 is 5.97 Å². The monoisotopic (exact) mass is 180 g/mol. The maximum absolute atomic E-state index is 12.9. The van der Waals surface area contributed by atoms with E-state index >= 15 is 0 Å². The quantitative estimate of drug-likeness (QED) is 0.630. The van der Waals surface area contributed by atoms with Gasteiger partial charge in [0.25, 0.3) is 0 Å². The molecule has 0 saturated carbocycles. The number of nitrogen functional groups attached to an aromatic ring is 1. The summed E-state index contributed by atoms with van der Waals surface area (Å²) in [6, 6.07) is 3.41. The third kappa shape index (κ3) is 1.56. The number of anilines is 1. The molecule has 0 atom stereocenters. The number of aromatic carboxylic acids is 1. The van der Waals surface area contributed by atoms with E-state index in [2.05, 4.69) is 0 Å². The number of carboxylic acid groups (broad SMARTS) is 1. The highest BCUT2D eigenvalue weighted by Crippen LogP contribution is 2.17. The van der Waals surface area contributed by atoms with Gasteiger partial charge in [0.15, 0.2) is 0 Å². The first-order valence-electron chi connectivity index (χ1n) is 3.28. The van der Waals surface area contributed by atoms with Crippen LogP contribution in [0.5, 0.6) is 0 Å². The molecule has 0 radical (unpaired) electrons. The van der Waals surface area contributed by atoms with Crippen LogP contribution in [0.15, 0.2) is 12.1 Å². The second-order valence-corrected chi connectivity index (χ2v) is 2.34. The van der Waals surface area contributed by atoms with Crippen molar-refractivity contribution in [2.75, 3.05) is 5.73 Å². The van der Waals surface area contributed by atoms with Gasteiger partial charge in [0.05, 0.1) is 5.56 Å². The number of nitriles is 1. The Balaban J connectivity index is 3.50. The Morgan fingerprint density at radius 2 is 2.23 bits per heavy atom. The molecule has 0 aromatic heterocycles. The number of hydrogen-bond donors (Lipinski definition) is 2. The van der Waals surface area contributed by atoms with Crippen molar-refractivity contribution in [2.45, 2.75) is 0 Å². The summed E-state index contributed by atoms with van der Waals surface area (Å²) >= 11 is 0. The minimum absolute atomic E-state index is 0.0195. The van der Waals surface area contributed by atoms with E-state index in [1.54, 1.807) is 0 Å². The van der Waals surface area contributed by atoms with Crippen LogP contribution in [0.1, 0.15) is 15.9 Å². The van der Waals surface area contributed by atoms with Gasteiger partial charge in [-0.3, -0.25) is 0 Å². The van der Waals surface area contributed by atoms with Gasteiger partial charge < -0.3 is 10.8 Å². The predicted molar refractivity (Wildman–Crippen MR) is 42.5 cm³/mol. The van der Waals surface area contributed by atoms with Crippen LogP contribution in [0.3, 0.4) is 0 Å². The van der Waals surface area contributed by atoms with Crippen molar-refractivity contribution in [2.24, 2.45) is 0 Å². The van der Waals surface area contributed by atoms with Gasteiger partial charge in [-0.05, 0) is 12.1 Å². The fraction of sp³-hybridized carbons (Fsp3) is 0. The second-order valence-electron chi connectivity index (χ2n) is 2.34. The highest BCUT2D eigenvalue weighted by Gasteiger charge is 2.14. The Bertz CT molecular complexity index is 409. The first kappa shape index (κ1) is 9.00. The van der Waals surface area contributed by atoms with Crippen LogP contribution in [-0.4, -0.2) is 11.1 Å². The lowest BCUT2D eigenvalue weighted by molar-refractivity contribution is 0.0696. The van der Waals surface area contributed by atoms with Gasteiger partial charge in [0.2, 0.25) is 0 Å². The van der Waals surface area contributed by atoms with Crippen LogP contribution in [-0.2, 0) is 0 Å². The Morgan fingerprint density at radius 1 is 1.62 bits per heavy atom. The Hall–Kier alpha value is -2.09. The molecular weight excluding hydrogens is 175 g/mol. The van der Waals surface area contributed by atoms with E-state index in [-0.39, 0.29) is 5.69 Å². The smallest absolute Gasteiger partial charge is 0.337 e. The van der Waals surface area contributed by atoms with E-state index in [1.165, 1.54) is 6.07 Å². The second kappa shape index (κ2) is 3.11. The van der Waals surface area contributed by atoms with E-state index in [9.17, 15) is 9.18 Å². The maximum Gasteiger partial charge on any atom is 0.337 e. The molecule has 1 aromatic carbocycles. The van der Waals surface area contributed by atoms with Crippen molar-refractivity contribution in [3.8, 4) is 6.07 Å². The zero-order valence-electron chi connectivity index (χ0n) is 6.41. The zero-order valence-corrected chi connectivity index (χ0v) is 6.41. The number of benzene rings is 1. The van der Waals surface area contributed by atoms with Crippen LogP contribution in [0.4, 0.5) is 10.1 Å². The summed E-state index contributed by atoms with van der Waals surface area (Å²) in [5.41, 5.74) is 4.27. The van der Waals surface area contributed by atoms with Gasteiger partial charge in [-0.25, -0.2) is 9.18 Å². The average Bonchev–Trinajstić information content (AvgIpc) is 2.02. The molecule has 0 bridgehead atoms. The van der Waals surface area contributed by atoms with Crippen LogP contribution in [0, 0.1) is 17.1 Å². The Labute approximate surface area is 73.0 Å². The summed E-state index contributed by atoms with van der Waals surface area (Å²) in [4.78, 5) is 10.5. The summed E-state index contributed by atoms with van der Waals surface area (Å²) in [6.07, 6.45) is 0. The molecule has 4 nitrogen and oxygen atoms in total. The van der Waals surface area contributed by atoms with Crippen LogP contribution in [0.2, 0.25) is 0 Å². The highest BCUT2D eigenvalue weighted by atomic mass is 19.1. The number of rotatable bonds is 1. The molecule has 3 N–H and O–H groups in total.